The Morgan fingerprint density at radius 1 is 1.00 bits per heavy atom. The Bertz CT molecular complexity index is 1120. The Morgan fingerprint density at radius 2 is 1.76 bits per heavy atom. The van der Waals surface area contributed by atoms with Gasteiger partial charge in [0, 0.05) is 50.4 Å². The number of aliphatic hydroxyl groups is 1. The number of anilines is 1. The van der Waals surface area contributed by atoms with Crippen molar-refractivity contribution in [2.24, 2.45) is 0 Å². The topological polar surface area (TPSA) is 61.7 Å². The van der Waals surface area contributed by atoms with Gasteiger partial charge in [0.15, 0.2) is 0 Å². The fourth-order valence-corrected chi connectivity index (χ4v) is 4.43. The minimum atomic E-state index is -0.557. The summed E-state index contributed by atoms with van der Waals surface area (Å²) >= 11 is 0. The molecular weight excluding hydrogens is 431 g/mol. The van der Waals surface area contributed by atoms with Crippen molar-refractivity contribution in [3.63, 3.8) is 0 Å². The highest BCUT2D eigenvalue weighted by Gasteiger charge is 2.24. The third-order valence-corrected chi connectivity index (χ3v) is 6.24. The van der Waals surface area contributed by atoms with E-state index in [1.807, 2.05) is 51.1 Å². The first-order valence-corrected chi connectivity index (χ1v) is 11.8. The zero-order chi connectivity index (χ0) is 24.1. The molecule has 0 amide bonds. The first-order chi connectivity index (χ1) is 16.4. The molecule has 4 rings (SSSR count). The molecule has 34 heavy (non-hydrogen) atoms. The van der Waals surface area contributed by atoms with E-state index in [0.29, 0.717) is 13.0 Å². The SMILES string of the molecule is Cc1nc(C)c(Cc2cccc(F)c2)c(N2CCN(C[C@@H](O)COc3ccccc3C)CC2)n1. The third kappa shape index (κ3) is 6.10. The number of β-amino-alcohol motifs (C(OH)–C–C–N with tert-alkyl or cyclic N) is 1. The smallest absolute Gasteiger partial charge is 0.136 e. The second kappa shape index (κ2) is 10.9. The molecule has 1 aliphatic rings. The van der Waals surface area contributed by atoms with Gasteiger partial charge in [-0.25, -0.2) is 14.4 Å². The van der Waals surface area contributed by atoms with Crippen LogP contribution in [0.25, 0.3) is 0 Å². The summed E-state index contributed by atoms with van der Waals surface area (Å²) in [6, 6.07) is 14.5. The minimum Gasteiger partial charge on any atom is -0.491 e. The number of aliphatic hydroxyl groups excluding tert-OH is 1. The van der Waals surface area contributed by atoms with Crippen molar-refractivity contribution in [3.05, 3.63) is 82.6 Å². The summed E-state index contributed by atoms with van der Waals surface area (Å²) in [5.41, 5.74) is 3.94. The van der Waals surface area contributed by atoms with Gasteiger partial charge < -0.3 is 14.7 Å². The molecule has 0 unspecified atom stereocenters. The number of hydrogen-bond acceptors (Lipinski definition) is 6. The molecule has 1 atom stereocenters. The van der Waals surface area contributed by atoms with Crippen LogP contribution in [0.5, 0.6) is 5.75 Å². The molecule has 0 radical (unpaired) electrons. The summed E-state index contributed by atoms with van der Waals surface area (Å²) in [4.78, 5) is 13.9. The van der Waals surface area contributed by atoms with E-state index in [2.05, 4.69) is 14.8 Å². The normalized spacial score (nSPS) is 15.4. The Morgan fingerprint density at radius 3 is 2.50 bits per heavy atom. The largest absolute Gasteiger partial charge is 0.491 e. The van der Waals surface area contributed by atoms with Crippen LogP contribution in [0, 0.1) is 26.6 Å². The Kier molecular flexibility index (Phi) is 7.75. The molecular formula is C27H33FN4O2. The Balaban J connectivity index is 1.36. The predicted octanol–water partition coefficient (Wildman–Crippen LogP) is 3.69. The van der Waals surface area contributed by atoms with Gasteiger partial charge in [0.1, 0.15) is 35.9 Å². The highest BCUT2D eigenvalue weighted by molar-refractivity contribution is 5.51. The minimum absolute atomic E-state index is 0.233. The van der Waals surface area contributed by atoms with E-state index in [-0.39, 0.29) is 12.4 Å². The quantitative estimate of drug-likeness (QED) is 0.549. The van der Waals surface area contributed by atoms with Gasteiger partial charge in [-0.3, -0.25) is 4.90 Å². The number of nitrogens with zero attached hydrogens (tertiary/aromatic N) is 4. The highest BCUT2D eigenvalue weighted by atomic mass is 19.1. The van der Waals surface area contributed by atoms with Crippen LogP contribution >= 0.6 is 0 Å². The van der Waals surface area contributed by atoms with E-state index in [1.54, 1.807) is 12.1 Å². The van der Waals surface area contributed by atoms with Gasteiger partial charge in [-0.15, -0.1) is 0 Å². The molecule has 1 fully saturated rings. The maximum Gasteiger partial charge on any atom is 0.136 e. The van der Waals surface area contributed by atoms with E-state index < -0.39 is 6.10 Å². The van der Waals surface area contributed by atoms with Crippen molar-refractivity contribution in [1.82, 2.24) is 14.9 Å². The van der Waals surface area contributed by atoms with Gasteiger partial charge in [-0.05, 0) is 50.1 Å². The van der Waals surface area contributed by atoms with Gasteiger partial charge in [0.2, 0.25) is 0 Å². The average Bonchev–Trinajstić information content (AvgIpc) is 2.81. The maximum atomic E-state index is 13.7. The summed E-state index contributed by atoms with van der Waals surface area (Å²) in [5, 5.41) is 10.5. The van der Waals surface area contributed by atoms with Crippen molar-refractivity contribution >= 4 is 5.82 Å². The zero-order valence-electron chi connectivity index (χ0n) is 20.2. The summed E-state index contributed by atoms with van der Waals surface area (Å²) in [6.07, 6.45) is 0.0345. The van der Waals surface area contributed by atoms with Gasteiger partial charge in [-0.1, -0.05) is 30.3 Å². The van der Waals surface area contributed by atoms with Crippen molar-refractivity contribution in [2.45, 2.75) is 33.3 Å². The molecule has 180 valence electrons. The van der Waals surface area contributed by atoms with E-state index in [4.69, 9.17) is 9.72 Å². The monoisotopic (exact) mass is 464 g/mol. The van der Waals surface area contributed by atoms with Gasteiger partial charge in [-0.2, -0.15) is 0 Å². The van der Waals surface area contributed by atoms with Crippen molar-refractivity contribution in [3.8, 4) is 5.75 Å². The first-order valence-electron chi connectivity index (χ1n) is 11.8. The van der Waals surface area contributed by atoms with Crippen LogP contribution in [0.1, 0.15) is 28.2 Å². The number of aromatic nitrogens is 2. The number of halogens is 1. The van der Waals surface area contributed by atoms with Gasteiger partial charge in [0.05, 0.1) is 0 Å². The van der Waals surface area contributed by atoms with Crippen LogP contribution in [0.3, 0.4) is 0 Å². The average molecular weight is 465 g/mol. The molecule has 0 aliphatic carbocycles. The lowest BCUT2D eigenvalue weighted by molar-refractivity contribution is 0.0660. The van der Waals surface area contributed by atoms with Crippen LogP contribution in [0.4, 0.5) is 10.2 Å². The van der Waals surface area contributed by atoms with Crippen LogP contribution in [-0.4, -0.2) is 65.4 Å². The van der Waals surface area contributed by atoms with Crippen LogP contribution < -0.4 is 9.64 Å². The second-order valence-corrected chi connectivity index (χ2v) is 8.98. The Hall–Kier alpha value is -3.03. The maximum absolute atomic E-state index is 13.7. The molecule has 6 nitrogen and oxygen atoms in total. The number of ether oxygens (including phenoxy) is 1. The number of benzene rings is 2. The summed E-state index contributed by atoms with van der Waals surface area (Å²) in [5.74, 6) is 2.24. The molecule has 1 aromatic heterocycles. The molecule has 2 heterocycles. The van der Waals surface area contributed by atoms with E-state index in [9.17, 15) is 9.50 Å². The van der Waals surface area contributed by atoms with Crippen molar-refractivity contribution < 1.29 is 14.2 Å². The summed E-state index contributed by atoms with van der Waals surface area (Å²) in [7, 11) is 0. The third-order valence-electron chi connectivity index (χ3n) is 6.24. The Labute approximate surface area is 201 Å². The molecule has 2 aromatic carbocycles. The number of para-hydroxylation sites is 1. The molecule has 7 heteroatoms. The van der Waals surface area contributed by atoms with Crippen LogP contribution in [0.15, 0.2) is 48.5 Å². The molecule has 1 aliphatic heterocycles. The second-order valence-electron chi connectivity index (χ2n) is 8.98. The molecule has 0 spiro atoms. The van der Waals surface area contributed by atoms with E-state index >= 15 is 0 Å². The lowest BCUT2D eigenvalue weighted by Crippen LogP contribution is -2.49. The lowest BCUT2D eigenvalue weighted by Gasteiger charge is -2.37. The van der Waals surface area contributed by atoms with Gasteiger partial charge >= 0.3 is 0 Å². The van der Waals surface area contributed by atoms with E-state index in [1.165, 1.54) is 6.07 Å². The standard InChI is InChI=1S/C27H33FN4O2/c1-19-7-4-5-10-26(19)34-18-24(33)17-31-11-13-32(14-12-31)27-25(20(2)29-21(3)30-27)16-22-8-6-9-23(28)15-22/h4-10,15,24,33H,11-14,16-18H2,1-3H3/t24-/m1/s1. The number of piperazine rings is 1. The number of aryl methyl sites for hydroxylation is 3. The lowest BCUT2D eigenvalue weighted by atomic mass is 10.0. The fourth-order valence-electron chi connectivity index (χ4n) is 4.43. The fraction of sp³-hybridized carbons (Fsp3) is 0.407. The molecule has 0 saturated carbocycles. The van der Waals surface area contributed by atoms with Crippen LogP contribution in [-0.2, 0) is 6.42 Å². The molecule has 3 aromatic rings. The number of rotatable bonds is 8. The van der Waals surface area contributed by atoms with Gasteiger partial charge in [0.25, 0.3) is 0 Å². The summed E-state index contributed by atoms with van der Waals surface area (Å²) in [6.45, 7) is 9.99. The highest BCUT2D eigenvalue weighted by Crippen LogP contribution is 2.25. The van der Waals surface area contributed by atoms with Crippen molar-refractivity contribution in [2.75, 3.05) is 44.2 Å². The first kappa shape index (κ1) is 24.1. The van der Waals surface area contributed by atoms with Crippen LogP contribution in [0.2, 0.25) is 0 Å². The molecule has 1 saturated heterocycles. The zero-order valence-corrected chi connectivity index (χ0v) is 20.2. The summed E-state index contributed by atoms with van der Waals surface area (Å²) < 4.78 is 19.5. The van der Waals surface area contributed by atoms with Crippen molar-refractivity contribution in [1.29, 1.82) is 0 Å². The van der Waals surface area contributed by atoms with E-state index in [0.717, 1.165) is 66.0 Å². The molecule has 1 N–H and O–H groups in total. The molecule has 0 bridgehead atoms. The predicted molar refractivity (Wildman–Crippen MR) is 132 cm³/mol. The number of hydrogen-bond donors (Lipinski definition) is 1.